The summed E-state index contributed by atoms with van der Waals surface area (Å²) in [5.41, 5.74) is 0.856. The van der Waals surface area contributed by atoms with Crippen LogP contribution in [0.5, 0.6) is 0 Å². The molecule has 0 heterocycles. The third kappa shape index (κ3) is 0.942. The Hall–Kier alpha value is -0.920. The number of Topliss-reactive ketones (excluding diaryl/α,β-unsaturated/α-hetero) is 1. The first kappa shape index (κ1) is 7.71. The molecule has 0 aromatic rings. The highest BCUT2D eigenvalue weighted by Gasteiger charge is 2.42. The fourth-order valence-electron chi connectivity index (χ4n) is 2.32. The van der Waals surface area contributed by atoms with Gasteiger partial charge in [0.1, 0.15) is 12.1 Å². The van der Waals surface area contributed by atoms with Crippen LogP contribution < -0.4 is 0 Å². The summed E-state index contributed by atoms with van der Waals surface area (Å²) in [6, 6.07) is 0. The molecule has 2 nitrogen and oxygen atoms in total. The van der Waals surface area contributed by atoms with Crippen molar-refractivity contribution in [3.63, 3.8) is 0 Å². The van der Waals surface area contributed by atoms with Gasteiger partial charge in [0.15, 0.2) is 0 Å². The first-order chi connectivity index (χ1) is 5.64. The number of hydrogen-bond donors (Lipinski definition) is 0. The summed E-state index contributed by atoms with van der Waals surface area (Å²) in [5, 5.41) is 0. The van der Waals surface area contributed by atoms with E-state index in [2.05, 4.69) is 6.92 Å². The molecular weight excluding hydrogens is 152 g/mol. The summed E-state index contributed by atoms with van der Waals surface area (Å²) >= 11 is 0. The second kappa shape index (κ2) is 2.28. The van der Waals surface area contributed by atoms with E-state index in [1.54, 1.807) is 0 Å². The van der Waals surface area contributed by atoms with Crippen molar-refractivity contribution in [2.24, 2.45) is 11.3 Å². The zero-order valence-corrected chi connectivity index (χ0v) is 7.17. The number of aldehydes is 1. The standard InChI is InChI=1S/C10H12O2/c1-10-3-2-9(12)8(5-10)7(4-10)6-11/h4,6,8H,2-3,5H2,1H3. The van der Waals surface area contributed by atoms with Gasteiger partial charge in [-0.05, 0) is 23.8 Å². The summed E-state index contributed by atoms with van der Waals surface area (Å²) in [6.45, 7) is 2.13. The Labute approximate surface area is 71.6 Å². The lowest BCUT2D eigenvalue weighted by molar-refractivity contribution is -0.125. The minimum absolute atomic E-state index is 0.0683. The van der Waals surface area contributed by atoms with Gasteiger partial charge in [-0.1, -0.05) is 13.0 Å². The molecule has 2 unspecified atom stereocenters. The Balaban J connectivity index is 2.37. The molecule has 0 amide bonds. The first-order valence-electron chi connectivity index (χ1n) is 4.35. The topological polar surface area (TPSA) is 34.1 Å². The van der Waals surface area contributed by atoms with Crippen LogP contribution in [0, 0.1) is 11.3 Å². The Bertz CT molecular complexity index is 278. The Morgan fingerprint density at radius 1 is 1.67 bits per heavy atom. The average molecular weight is 164 g/mol. The van der Waals surface area contributed by atoms with E-state index in [9.17, 15) is 9.59 Å². The number of ketones is 1. The predicted molar refractivity (Wildman–Crippen MR) is 44.6 cm³/mol. The van der Waals surface area contributed by atoms with Crippen LogP contribution >= 0.6 is 0 Å². The molecule has 64 valence electrons. The SMILES string of the molecule is CC12C=C(C=O)C(C1)C(=O)CC2. The lowest BCUT2D eigenvalue weighted by atomic mass is 9.76. The molecule has 2 aliphatic carbocycles. The van der Waals surface area contributed by atoms with Crippen LogP contribution in [0.25, 0.3) is 0 Å². The number of fused-ring (bicyclic) bond motifs is 2. The third-order valence-corrected chi connectivity index (χ3v) is 3.06. The van der Waals surface area contributed by atoms with Crippen molar-refractivity contribution in [2.75, 3.05) is 0 Å². The summed E-state index contributed by atoms with van der Waals surface area (Å²) in [5.74, 6) is 0.185. The van der Waals surface area contributed by atoms with Gasteiger partial charge >= 0.3 is 0 Å². The molecule has 1 saturated carbocycles. The van der Waals surface area contributed by atoms with E-state index in [1.165, 1.54) is 0 Å². The Kier molecular flexibility index (Phi) is 1.47. The zero-order chi connectivity index (χ0) is 8.77. The van der Waals surface area contributed by atoms with Crippen molar-refractivity contribution in [3.05, 3.63) is 11.6 Å². The second-order valence-corrected chi connectivity index (χ2v) is 4.14. The van der Waals surface area contributed by atoms with Gasteiger partial charge in [0.2, 0.25) is 0 Å². The van der Waals surface area contributed by atoms with Crippen LogP contribution in [0.4, 0.5) is 0 Å². The molecule has 2 aliphatic rings. The number of carbonyl (C=O) groups is 2. The average Bonchev–Trinajstić information content (AvgIpc) is 2.34. The van der Waals surface area contributed by atoms with Gasteiger partial charge in [-0.15, -0.1) is 0 Å². The van der Waals surface area contributed by atoms with Gasteiger partial charge in [-0.25, -0.2) is 0 Å². The number of allylic oxidation sites excluding steroid dienone is 2. The fourth-order valence-corrected chi connectivity index (χ4v) is 2.32. The first-order valence-corrected chi connectivity index (χ1v) is 4.35. The van der Waals surface area contributed by atoms with Gasteiger partial charge < -0.3 is 0 Å². The molecular formula is C10H12O2. The third-order valence-electron chi connectivity index (χ3n) is 3.06. The van der Waals surface area contributed by atoms with E-state index in [-0.39, 0.29) is 17.1 Å². The van der Waals surface area contributed by atoms with E-state index in [1.807, 2.05) is 6.08 Å². The molecule has 0 saturated heterocycles. The van der Waals surface area contributed by atoms with Crippen LogP contribution in [-0.2, 0) is 9.59 Å². The van der Waals surface area contributed by atoms with Gasteiger partial charge in [0.25, 0.3) is 0 Å². The van der Waals surface area contributed by atoms with E-state index >= 15 is 0 Å². The lowest BCUT2D eigenvalue weighted by Gasteiger charge is -2.27. The van der Waals surface area contributed by atoms with Crippen LogP contribution in [0.15, 0.2) is 11.6 Å². The van der Waals surface area contributed by atoms with Gasteiger partial charge in [0.05, 0.1) is 0 Å². The van der Waals surface area contributed by atoms with Crippen molar-refractivity contribution < 1.29 is 9.59 Å². The van der Waals surface area contributed by atoms with Crippen LogP contribution in [-0.4, -0.2) is 12.1 Å². The number of hydrogen-bond acceptors (Lipinski definition) is 2. The highest BCUT2D eigenvalue weighted by molar-refractivity contribution is 5.93. The van der Waals surface area contributed by atoms with E-state index < -0.39 is 0 Å². The van der Waals surface area contributed by atoms with Crippen molar-refractivity contribution in [2.45, 2.75) is 26.2 Å². The normalized spacial score (nSPS) is 39.6. The maximum atomic E-state index is 11.4. The highest BCUT2D eigenvalue weighted by atomic mass is 16.1. The van der Waals surface area contributed by atoms with Gasteiger partial charge in [-0.2, -0.15) is 0 Å². The molecule has 0 aromatic heterocycles. The monoisotopic (exact) mass is 164 g/mol. The van der Waals surface area contributed by atoms with Crippen LogP contribution in [0.3, 0.4) is 0 Å². The molecule has 0 aromatic carbocycles. The van der Waals surface area contributed by atoms with Gasteiger partial charge in [0, 0.05) is 12.3 Å². The number of carbonyl (C=O) groups excluding carboxylic acids is 2. The van der Waals surface area contributed by atoms with E-state index in [0.717, 1.165) is 24.7 Å². The van der Waals surface area contributed by atoms with Crippen molar-refractivity contribution in [3.8, 4) is 0 Å². The van der Waals surface area contributed by atoms with E-state index in [0.29, 0.717) is 6.42 Å². The molecule has 1 fully saturated rings. The highest BCUT2D eigenvalue weighted by Crippen LogP contribution is 2.47. The molecule has 0 N–H and O–H groups in total. The summed E-state index contributed by atoms with van der Waals surface area (Å²) < 4.78 is 0. The minimum Gasteiger partial charge on any atom is -0.299 e. The molecule has 0 radical (unpaired) electrons. The molecule has 0 aliphatic heterocycles. The molecule has 2 rings (SSSR count). The Morgan fingerprint density at radius 3 is 3.08 bits per heavy atom. The van der Waals surface area contributed by atoms with Crippen molar-refractivity contribution in [1.82, 2.24) is 0 Å². The fraction of sp³-hybridized carbons (Fsp3) is 0.600. The summed E-state index contributed by atoms with van der Waals surface area (Å²) in [7, 11) is 0. The molecule has 12 heavy (non-hydrogen) atoms. The quantitative estimate of drug-likeness (QED) is 0.550. The maximum Gasteiger partial charge on any atom is 0.146 e. The summed E-state index contributed by atoms with van der Waals surface area (Å²) in [4.78, 5) is 22.0. The molecule has 0 spiro atoms. The van der Waals surface area contributed by atoms with Crippen molar-refractivity contribution >= 4 is 12.1 Å². The predicted octanol–water partition coefficient (Wildman–Crippen LogP) is 1.50. The lowest BCUT2D eigenvalue weighted by Crippen LogP contribution is -2.25. The van der Waals surface area contributed by atoms with Crippen LogP contribution in [0.1, 0.15) is 26.2 Å². The Morgan fingerprint density at radius 2 is 2.42 bits per heavy atom. The molecule has 2 bridgehead atoms. The molecule has 2 heteroatoms. The smallest absolute Gasteiger partial charge is 0.146 e. The maximum absolute atomic E-state index is 11.4. The van der Waals surface area contributed by atoms with Gasteiger partial charge in [-0.3, -0.25) is 9.59 Å². The van der Waals surface area contributed by atoms with E-state index in [4.69, 9.17) is 0 Å². The second-order valence-electron chi connectivity index (χ2n) is 4.14. The number of rotatable bonds is 1. The molecule has 2 atom stereocenters. The summed E-state index contributed by atoms with van der Waals surface area (Å²) in [6.07, 6.45) is 5.27. The largest absolute Gasteiger partial charge is 0.299 e. The zero-order valence-electron chi connectivity index (χ0n) is 7.17. The minimum atomic E-state index is -0.0683. The van der Waals surface area contributed by atoms with Crippen molar-refractivity contribution in [1.29, 1.82) is 0 Å². The van der Waals surface area contributed by atoms with Crippen LogP contribution in [0.2, 0.25) is 0 Å².